The first kappa shape index (κ1) is 15.6. The lowest BCUT2D eigenvalue weighted by Crippen LogP contribution is -2.51. The van der Waals surface area contributed by atoms with Gasteiger partial charge in [0.1, 0.15) is 0 Å². The van der Waals surface area contributed by atoms with Gasteiger partial charge in [-0.05, 0) is 43.4 Å². The third-order valence-corrected chi connectivity index (χ3v) is 5.37. The van der Waals surface area contributed by atoms with Crippen molar-refractivity contribution in [1.82, 2.24) is 0 Å². The average Bonchev–Trinajstić information content (AvgIpc) is 2.45. The normalized spacial score (nSPS) is 38.4. The first-order chi connectivity index (χ1) is 10.4. The van der Waals surface area contributed by atoms with Gasteiger partial charge < -0.3 is 19.7 Å². The van der Waals surface area contributed by atoms with E-state index in [2.05, 4.69) is 6.92 Å². The quantitative estimate of drug-likeness (QED) is 0.879. The second-order valence-corrected chi connectivity index (χ2v) is 7.18. The Balaban J connectivity index is 1.84. The van der Waals surface area contributed by atoms with E-state index in [1.807, 2.05) is 13.0 Å². The smallest absolute Gasteiger partial charge is 0.160 e. The molecule has 2 fully saturated rings. The third kappa shape index (κ3) is 2.82. The number of phenols is 1. The van der Waals surface area contributed by atoms with E-state index in [0.29, 0.717) is 18.1 Å². The van der Waals surface area contributed by atoms with Gasteiger partial charge in [0.2, 0.25) is 0 Å². The van der Waals surface area contributed by atoms with Crippen LogP contribution in [0, 0.1) is 11.8 Å². The molecular weight excluding hydrogens is 280 g/mol. The van der Waals surface area contributed by atoms with E-state index in [0.717, 1.165) is 24.8 Å². The molecule has 4 heteroatoms. The van der Waals surface area contributed by atoms with Crippen molar-refractivity contribution in [3.8, 4) is 11.5 Å². The second-order valence-electron chi connectivity index (χ2n) is 7.18. The van der Waals surface area contributed by atoms with Crippen LogP contribution in [0.3, 0.4) is 0 Å². The summed E-state index contributed by atoms with van der Waals surface area (Å²) in [4.78, 5) is 0. The zero-order chi connectivity index (χ0) is 15.9. The van der Waals surface area contributed by atoms with Gasteiger partial charge in [-0.2, -0.15) is 0 Å². The minimum Gasteiger partial charge on any atom is -0.504 e. The van der Waals surface area contributed by atoms with E-state index >= 15 is 0 Å². The van der Waals surface area contributed by atoms with E-state index < -0.39 is 5.60 Å². The van der Waals surface area contributed by atoms with Crippen LogP contribution in [0.5, 0.6) is 11.5 Å². The van der Waals surface area contributed by atoms with Gasteiger partial charge in [-0.15, -0.1) is 0 Å². The SMILES string of the molecule is COc1ccc([C@H]2CC(C)(O)[C@@H]3CC[C@@H](C)C[C@H]3O2)cc1O. The van der Waals surface area contributed by atoms with E-state index in [1.54, 1.807) is 12.1 Å². The minimum atomic E-state index is -0.719. The van der Waals surface area contributed by atoms with Crippen molar-refractivity contribution in [3.05, 3.63) is 23.8 Å². The van der Waals surface area contributed by atoms with Crippen LogP contribution >= 0.6 is 0 Å². The van der Waals surface area contributed by atoms with E-state index in [-0.39, 0.29) is 23.9 Å². The summed E-state index contributed by atoms with van der Waals surface area (Å²) in [6.45, 7) is 4.18. The lowest BCUT2D eigenvalue weighted by atomic mass is 9.68. The fraction of sp³-hybridized carbons (Fsp3) is 0.667. The lowest BCUT2D eigenvalue weighted by Gasteiger charge is -2.49. The number of methoxy groups -OCH3 is 1. The minimum absolute atomic E-state index is 0.0988. The van der Waals surface area contributed by atoms with Crippen LogP contribution in [0.1, 0.15) is 51.2 Å². The summed E-state index contributed by atoms with van der Waals surface area (Å²) in [6.07, 6.45) is 3.67. The van der Waals surface area contributed by atoms with Crippen molar-refractivity contribution in [1.29, 1.82) is 0 Å². The van der Waals surface area contributed by atoms with Crippen LogP contribution in [0.4, 0.5) is 0 Å². The monoisotopic (exact) mass is 306 g/mol. The van der Waals surface area contributed by atoms with E-state index in [9.17, 15) is 10.2 Å². The fourth-order valence-corrected chi connectivity index (χ4v) is 4.08. The number of fused-ring (bicyclic) bond motifs is 1. The molecule has 1 aliphatic heterocycles. The molecule has 0 bridgehead atoms. The molecule has 0 amide bonds. The van der Waals surface area contributed by atoms with Crippen molar-refractivity contribution in [2.45, 2.75) is 57.3 Å². The standard InChI is InChI=1S/C18H26O4/c1-11-4-6-13-16(8-11)22-17(10-18(13,2)20)12-5-7-15(21-3)14(19)9-12/h5,7,9,11,13,16-17,19-20H,4,6,8,10H2,1-3H3/t11-,13-,16-,17-,18?/m1/s1. The van der Waals surface area contributed by atoms with Crippen molar-refractivity contribution in [3.63, 3.8) is 0 Å². The lowest BCUT2D eigenvalue weighted by molar-refractivity contribution is -0.197. The molecule has 1 saturated carbocycles. The Labute approximate surface area is 132 Å². The van der Waals surface area contributed by atoms with Gasteiger partial charge in [-0.25, -0.2) is 0 Å². The Kier molecular flexibility index (Phi) is 4.08. The summed E-state index contributed by atoms with van der Waals surface area (Å²) in [5, 5.41) is 20.9. The number of rotatable bonds is 2. The van der Waals surface area contributed by atoms with Crippen molar-refractivity contribution >= 4 is 0 Å². The summed E-state index contributed by atoms with van der Waals surface area (Å²) in [5.41, 5.74) is 0.179. The van der Waals surface area contributed by atoms with Crippen LogP contribution in [0.15, 0.2) is 18.2 Å². The first-order valence-electron chi connectivity index (χ1n) is 8.15. The number of hydrogen-bond acceptors (Lipinski definition) is 4. The Hall–Kier alpha value is -1.26. The predicted octanol–water partition coefficient (Wildman–Crippen LogP) is 3.42. The Bertz CT molecular complexity index is 540. The molecule has 0 spiro atoms. The highest BCUT2D eigenvalue weighted by molar-refractivity contribution is 5.42. The molecule has 1 heterocycles. The molecule has 122 valence electrons. The summed E-state index contributed by atoms with van der Waals surface area (Å²) in [6, 6.07) is 5.34. The molecule has 3 rings (SSSR count). The topological polar surface area (TPSA) is 58.9 Å². The molecule has 22 heavy (non-hydrogen) atoms. The van der Waals surface area contributed by atoms with Gasteiger partial charge in [-0.3, -0.25) is 0 Å². The van der Waals surface area contributed by atoms with Crippen molar-refractivity contribution in [2.24, 2.45) is 11.8 Å². The van der Waals surface area contributed by atoms with Gasteiger partial charge in [0.05, 0.1) is 24.9 Å². The molecule has 5 atom stereocenters. The highest BCUT2D eigenvalue weighted by Gasteiger charge is 2.47. The maximum Gasteiger partial charge on any atom is 0.160 e. The molecule has 1 aliphatic carbocycles. The van der Waals surface area contributed by atoms with Gasteiger partial charge >= 0.3 is 0 Å². The summed E-state index contributed by atoms with van der Waals surface area (Å²) < 4.78 is 11.4. The zero-order valence-corrected chi connectivity index (χ0v) is 13.6. The number of phenolic OH excluding ortho intramolecular Hbond substituents is 1. The number of ether oxygens (including phenoxy) is 2. The number of hydrogen-bond donors (Lipinski definition) is 2. The first-order valence-corrected chi connectivity index (χ1v) is 8.15. The Morgan fingerprint density at radius 1 is 1.32 bits per heavy atom. The molecule has 1 aromatic rings. The number of benzene rings is 1. The molecular formula is C18H26O4. The third-order valence-electron chi connectivity index (χ3n) is 5.37. The molecule has 4 nitrogen and oxygen atoms in total. The summed E-state index contributed by atoms with van der Waals surface area (Å²) in [5.74, 6) is 1.42. The number of aromatic hydroxyl groups is 1. The van der Waals surface area contributed by atoms with Crippen molar-refractivity contribution < 1.29 is 19.7 Å². The number of aliphatic hydroxyl groups is 1. The van der Waals surface area contributed by atoms with Gasteiger partial charge in [0.15, 0.2) is 11.5 Å². The predicted molar refractivity (Wildman–Crippen MR) is 84.0 cm³/mol. The Morgan fingerprint density at radius 3 is 2.77 bits per heavy atom. The largest absolute Gasteiger partial charge is 0.504 e. The molecule has 2 N–H and O–H groups in total. The molecule has 2 aliphatic rings. The van der Waals surface area contributed by atoms with Gasteiger partial charge in [-0.1, -0.05) is 19.4 Å². The van der Waals surface area contributed by atoms with Gasteiger partial charge in [0.25, 0.3) is 0 Å². The summed E-state index contributed by atoms with van der Waals surface area (Å²) >= 11 is 0. The maximum absolute atomic E-state index is 10.9. The van der Waals surface area contributed by atoms with Crippen LogP contribution < -0.4 is 4.74 Å². The highest BCUT2D eigenvalue weighted by Crippen LogP contribution is 2.48. The van der Waals surface area contributed by atoms with Crippen LogP contribution in [0.25, 0.3) is 0 Å². The molecule has 1 unspecified atom stereocenters. The van der Waals surface area contributed by atoms with Gasteiger partial charge in [0, 0.05) is 12.3 Å². The fourth-order valence-electron chi connectivity index (χ4n) is 4.08. The van der Waals surface area contributed by atoms with Crippen LogP contribution in [0.2, 0.25) is 0 Å². The maximum atomic E-state index is 10.9. The Morgan fingerprint density at radius 2 is 2.09 bits per heavy atom. The van der Waals surface area contributed by atoms with Crippen LogP contribution in [-0.2, 0) is 4.74 Å². The molecule has 1 saturated heterocycles. The van der Waals surface area contributed by atoms with Crippen LogP contribution in [-0.4, -0.2) is 29.0 Å². The second kappa shape index (κ2) is 5.74. The summed E-state index contributed by atoms with van der Waals surface area (Å²) in [7, 11) is 1.53. The van der Waals surface area contributed by atoms with E-state index in [1.165, 1.54) is 7.11 Å². The van der Waals surface area contributed by atoms with Crippen molar-refractivity contribution in [2.75, 3.05) is 7.11 Å². The van der Waals surface area contributed by atoms with E-state index in [4.69, 9.17) is 9.47 Å². The molecule has 1 aromatic carbocycles. The highest BCUT2D eigenvalue weighted by atomic mass is 16.5. The average molecular weight is 306 g/mol. The zero-order valence-electron chi connectivity index (χ0n) is 13.6. The molecule has 0 radical (unpaired) electrons. The molecule has 0 aromatic heterocycles.